The molecule has 1 amide bonds. The fourth-order valence-electron chi connectivity index (χ4n) is 4.44. The standard InChI is InChI=1S/C17H26N6O3/c24-15(3-8-23-13-18-19-20-23)22-9-4-17(5-10-22)11-14(26-16(17)25)12-21-6-1-2-7-21/h13-14H,1-12H2. The maximum atomic E-state index is 12.5. The predicted octanol–water partition coefficient (Wildman–Crippen LogP) is 0.0833. The largest absolute Gasteiger partial charge is 0.461 e. The van der Waals surface area contributed by atoms with Gasteiger partial charge in [0.1, 0.15) is 12.4 Å². The molecule has 0 bridgehead atoms. The Kier molecular flexibility index (Phi) is 4.88. The molecule has 0 saturated carbocycles. The first-order valence-corrected chi connectivity index (χ1v) is 9.57. The summed E-state index contributed by atoms with van der Waals surface area (Å²) in [6.45, 7) is 4.82. The fraction of sp³-hybridized carbons (Fsp3) is 0.824. The van der Waals surface area contributed by atoms with Crippen LogP contribution in [0.1, 0.15) is 38.5 Å². The third-order valence-corrected chi connectivity index (χ3v) is 6.01. The molecule has 1 aromatic rings. The minimum atomic E-state index is -0.378. The number of hydrogen-bond acceptors (Lipinski definition) is 7. The van der Waals surface area contributed by atoms with Crippen LogP contribution in [0.3, 0.4) is 0 Å². The Bertz CT molecular complexity index is 635. The summed E-state index contributed by atoms with van der Waals surface area (Å²) in [5.41, 5.74) is -0.378. The van der Waals surface area contributed by atoms with Crippen molar-refractivity contribution in [2.45, 2.75) is 51.2 Å². The zero-order chi connectivity index (χ0) is 18.0. The van der Waals surface area contributed by atoms with Gasteiger partial charge in [-0.05, 0) is 49.2 Å². The first-order valence-electron chi connectivity index (χ1n) is 9.57. The highest BCUT2D eigenvalue weighted by molar-refractivity contribution is 5.80. The molecule has 3 aliphatic heterocycles. The number of nitrogens with zero attached hydrogens (tertiary/aromatic N) is 6. The lowest BCUT2D eigenvalue weighted by molar-refractivity contribution is -0.152. The van der Waals surface area contributed by atoms with Crippen molar-refractivity contribution in [1.82, 2.24) is 30.0 Å². The Morgan fingerprint density at radius 2 is 2.00 bits per heavy atom. The summed E-state index contributed by atoms with van der Waals surface area (Å²) in [5, 5.41) is 10.9. The number of rotatable bonds is 5. The van der Waals surface area contributed by atoms with Crippen LogP contribution in [0, 0.1) is 5.41 Å². The van der Waals surface area contributed by atoms with Crippen LogP contribution in [0.5, 0.6) is 0 Å². The van der Waals surface area contributed by atoms with E-state index in [4.69, 9.17) is 4.74 Å². The molecule has 1 aromatic heterocycles. The highest BCUT2D eigenvalue weighted by Gasteiger charge is 2.51. The Morgan fingerprint density at radius 3 is 2.69 bits per heavy atom. The van der Waals surface area contributed by atoms with Gasteiger partial charge >= 0.3 is 5.97 Å². The van der Waals surface area contributed by atoms with Gasteiger partial charge in [0.05, 0.1) is 12.0 Å². The van der Waals surface area contributed by atoms with Crippen molar-refractivity contribution in [1.29, 1.82) is 0 Å². The van der Waals surface area contributed by atoms with E-state index in [0.29, 0.717) is 38.9 Å². The number of amides is 1. The highest BCUT2D eigenvalue weighted by Crippen LogP contribution is 2.43. The quantitative estimate of drug-likeness (QED) is 0.685. The smallest absolute Gasteiger partial charge is 0.312 e. The third-order valence-electron chi connectivity index (χ3n) is 6.01. The van der Waals surface area contributed by atoms with E-state index in [1.807, 2.05) is 4.90 Å². The van der Waals surface area contributed by atoms with Crippen molar-refractivity contribution in [3.05, 3.63) is 6.33 Å². The van der Waals surface area contributed by atoms with Crippen molar-refractivity contribution in [2.75, 3.05) is 32.7 Å². The summed E-state index contributed by atoms with van der Waals surface area (Å²) in [4.78, 5) is 29.2. The fourth-order valence-corrected chi connectivity index (χ4v) is 4.44. The summed E-state index contributed by atoms with van der Waals surface area (Å²) < 4.78 is 7.26. The SMILES string of the molecule is O=C(CCn1cnnn1)N1CCC2(CC1)CC(CN1CCCC1)OC2=O. The molecule has 142 valence electrons. The molecule has 1 atom stereocenters. The van der Waals surface area contributed by atoms with E-state index in [1.165, 1.54) is 19.2 Å². The van der Waals surface area contributed by atoms with Gasteiger partial charge < -0.3 is 9.64 Å². The van der Waals surface area contributed by atoms with E-state index in [0.717, 1.165) is 26.1 Å². The molecule has 0 aromatic carbocycles. The number of hydrogen-bond donors (Lipinski definition) is 0. The molecular weight excluding hydrogens is 336 g/mol. The van der Waals surface area contributed by atoms with Crippen LogP contribution in [0.2, 0.25) is 0 Å². The minimum Gasteiger partial charge on any atom is -0.461 e. The van der Waals surface area contributed by atoms with Crippen LogP contribution in [0.4, 0.5) is 0 Å². The lowest BCUT2D eigenvalue weighted by Crippen LogP contribution is -2.45. The second-order valence-corrected chi connectivity index (χ2v) is 7.72. The topological polar surface area (TPSA) is 93.5 Å². The van der Waals surface area contributed by atoms with Gasteiger partial charge in [0.2, 0.25) is 5.91 Å². The monoisotopic (exact) mass is 362 g/mol. The zero-order valence-corrected chi connectivity index (χ0v) is 15.0. The van der Waals surface area contributed by atoms with E-state index >= 15 is 0 Å². The van der Waals surface area contributed by atoms with Crippen molar-refractivity contribution in [3.63, 3.8) is 0 Å². The molecule has 0 N–H and O–H groups in total. The summed E-state index contributed by atoms with van der Waals surface area (Å²) >= 11 is 0. The van der Waals surface area contributed by atoms with Crippen molar-refractivity contribution in [2.24, 2.45) is 5.41 Å². The number of tetrazole rings is 1. The number of carbonyl (C=O) groups is 2. The first-order chi connectivity index (χ1) is 12.6. The molecule has 9 heteroatoms. The molecule has 1 unspecified atom stereocenters. The summed E-state index contributed by atoms with van der Waals surface area (Å²) in [7, 11) is 0. The van der Waals surface area contributed by atoms with Crippen LogP contribution in [0.25, 0.3) is 0 Å². The Labute approximate surface area is 152 Å². The second kappa shape index (κ2) is 7.30. The van der Waals surface area contributed by atoms with Gasteiger partial charge in [-0.25, -0.2) is 4.68 Å². The average molecular weight is 362 g/mol. The van der Waals surface area contributed by atoms with Crippen molar-refractivity contribution < 1.29 is 14.3 Å². The van der Waals surface area contributed by atoms with Crippen LogP contribution < -0.4 is 0 Å². The number of aryl methyl sites for hydroxylation is 1. The normalized spacial score (nSPS) is 25.8. The van der Waals surface area contributed by atoms with Gasteiger partial charge in [0.15, 0.2) is 0 Å². The lowest BCUT2D eigenvalue weighted by atomic mass is 9.76. The van der Waals surface area contributed by atoms with Crippen LogP contribution in [0.15, 0.2) is 6.33 Å². The highest BCUT2D eigenvalue weighted by atomic mass is 16.6. The number of likely N-dealkylation sites (tertiary alicyclic amines) is 2. The molecule has 3 aliphatic rings. The molecule has 9 nitrogen and oxygen atoms in total. The average Bonchev–Trinajstić information content (AvgIpc) is 3.38. The van der Waals surface area contributed by atoms with Crippen molar-refractivity contribution in [3.8, 4) is 0 Å². The summed E-state index contributed by atoms with van der Waals surface area (Å²) in [6, 6.07) is 0. The number of esters is 1. The lowest BCUT2D eigenvalue weighted by Gasteiger charge is -2.36. The number of aromatic nitrogens is 4. The van der Waals surface area contributed by atoms with E-state index in [9.17, 15) is 9.59 Å². The van der Waals surface area contributed by atoms with E-state index in [2.05, 4.69) is 20.4 Å². The van der Waals surface area contributed by atoms with Gasteiger partial charge in [-0.3, -0.25) is 14.5 Å². The van der Waals surface area contributed by atoms with Crippen LogP contribution in [-0.4, -0.2) is 80.7 Å². The Morgan fingerprint density at radius 1 is 1.23 bits per heavy atom. The molecule has 4 heterocycles. The number of carbonyl (C=O) groups excluding carboxylic acids is 2. The van der Waals surface area contributed by atoms with Gasteiger partial charge in [0.25, 0.3) is 0 Å². The van der Waals surface area contributed by atoms with Gasteiger partial charge in [0, 0.05) is 32.5 Å². The van der Waals surface area contributed by atoms with Crippen LogP contribution in [-0.2, 0) is 20.9 Å². The number of ether oxygens (including phenoxy) is 1. The molecule has 26 heavy (non-hydrogen) atoms. The Hall–Kier alpha value is -2.03. The summed E-state index contributed by atoms with van der Waals surface area (Å²) in [5.74, 6) is 0.0396. The molecule has 3 fully saturated rings. The molecular formula is C17H26N6O3. The Balaban J connectivity index is 1.26. The number of cyclic esters (lactones) is 1. The van der Waals surface area contributed by atoms with Gasteiger partial charge in [-0.2, -0.15) is 0 Å². The maximum absolute atomic E-state index is 12.5. The molecule has 0 radical (unpaired) electrons. The van der Waals surface area contributed by atoms with Gasteiger partial charge in [-0.1, -0.05) is 0 Å². The minimum absolute atomic E-state index is 0.0164. The van der Waals surface area contributed by atoms with E-state index in [-0.39, 0.29) is 23.4 Å². The maximum Gasteiger partial charge on any atom is 0.312 e. The van der Waals surface area contributed by atoms with Crippen LogP contribution >= 0.6 is 0 Å². The molecule has 3 saturated heterocycles. The number of piperidine rings is 1. The van der Waals surface area contributed by atoms with Gasteiger partial charge in [-0.15, -0.1) is 5.10 Å². The van der Waals surface area contributed by atoms with E-state index < -0.39 is 0 Å². The second-order valence-electron chi connectivity index (χ2n) is 7.72. The zero-order valence-electron chi connectivity index (χ0n) is 15.0. The molecule has 4 rings (SSSR count). The summed E-state index contributed by atoms with van der Waals surface area (Å²) in [6.07, 6.45) is 6.60. The van der Waals surface area contributed by atoms with Crippen molar-refractivity contribution >= 4 is 11.9 Å². The third kappa shape index (κ3) is 3.58. The van der Waals surface area contributed by atoms with E-state index in [1.54, 1.807) is 4.68 Å². The molecule has 1 spiro atoms. The first kappa shape index (κ1) is 17.4. The molecule has 0 aliphatic carbocycles. The predicted molar refractivity (Wildman–Crippen MR) is 90.9 cm³/mol.